The van der Waals surface area contributed by atoms with Crippen LogP contribution in [0, 0.1) is 11.8 Å². The third-order valence-electron chi connectivity index (χ3n) is 10.5. The Hall–Kier alpha value is -5.05. The lowest BCUT2D eigenvalue weighted by atomic mass is 9.58. The maximum atomic E-state index is 14.3. The number of phenols is 1. The molecule has 0 spiro atoms. The van der Waals surface area contributed by atoms with E-state index in [1.807, 2.05) is 6.07 Å². The highest BCUT2D eigenvalue weighted by atomic mass is 16.3. The van der Waals surface area contributed by atoms with E-state index >= 15 is 0 Å². The normalized spacial score (nSPS) is 26.4. The molecule has 0 aromatic heterocycles. The van der Waals surface area contributed by atoms with Crippen molar-refractivity contribution in [2.45, 2.75) is 43.4 Å². The molecule has 0 bridgehead atoms. The topological polar surface area (TPSA) is 214 Å². The van der Waals surface area contributed by atoms with Crippen molar-refractivity contribution in [2.24, 2.45) is 17.6 Å². The molecule has 7 N–H and O–H groups in total. The second-order valence-corrected chi connectivity index (χ2v) is 13.9. The third-order valence-corrected chi connectivity index (χ3v) is 10.5. The first-order chi connectivity index (χ1) is 23.6. The second kappa shape index (κ2) is 12.7. The van der Waals surface area contributed by atoms with Crippen LogP contribution in [0.25, 0.3) is 0 Å². The summed E-state index contributed by atoms with van der Waals surface area (Å²) in [7, 11) is 6.60. The number of phenolic OH excluding ortho intramolecular Hbond substituents is 1. The van der Waals surface area contributed by atoms with Gasteiger partial charge in [0.25, 0.3) is 5.91 Å². The second-order valence-electron chi connectivity index (χ2n) is 13.9. The lowest BCUT2D eigenvalue weighted by molar-refractivity contribution is -0.148. The van der Waals surface area contributed by atoms with Crippen LogP contribution >= 0.6 is 0 Å². The van der Waals surface area contributed by atoms with E-state index in [1.165, 1.54) is 4.90 Å². The van der Waals surface area contributed by atoms with E-state index in [1.54, 1.807) is 68.3 Å². The van der Waals surface area contributed by atoms with Crippen LogP contribution in [0.4, 0.5) is 11.4 Å². The highest BCUT2D eigenvalue weighted by Crippen LogP contribution is 2.54. The number of carbonyl (C=O) groups is 5. The predicted molar refractivity (Wildman–Crippen MR) is 182 cm³/mol. The van der Waals surface area contributed by atoms with Crippen molar-refractivity contribution in [3.05, 3.63) is 75.8 Å². The maximum absolute atomic E-state index is 14.3. The lowest BCUT2D eigenvalue weighted by Gasteiger charge is -2.50. The molecule has 50 heavy (non-hydrogen) atoms. The molecule has 2 aromatic carbocycles. The Kier molecular flexibility index (Phi) is 8.83. The van der Waals surface area contributed by atoms with Crippen LogP contribution in [0.1, 0.15) is 45.5 Å². The number of hydrogen-bond acceptors (Lipinski definition) is 12. The Balaban J connectivity index is 1.37. The first-order valence-corrected chi connectivity index (χ1v) is 16.4. The molecular weight excluding hydrogens is 646 g/mol. The number of allylic oxidation sites excluding steroid dienone is 1. The highest BCUT2D eigenvalue weighted by molar-refractivity contribution is 6.25. The molecule has 0 saturated carbocycles. The van der Waals surface area contributed by atoms with Gasteiger partial charge in [-0.2, -0.15) is 0 Å². The first kappa shape index (κ1) is 34.8. The van der Waals surface area contributed by atoms with Crippen molar-refractivity contribution in [1.29, 1.82) is 0 Å². The molecule has 3 aliphatic carbocycles. The molecule has 2 amide bonds. The number of ketones is 3. The molecule has 2 aromatic rings. The monoisotopic (exact) mass is 687 g/mol. The number of fused-ring (bicyclic) bond motifs is 3. The van der Waals surface area contributed by atoms with Gasteiger partial charge in [-0.05, 0) is 63.9 Å². The summed E-state index contributed by atoms with van der Waals surface area (Å²) in [4.78, 5) is 71.8. The summed E-state index contributed by atoms with van der Waals surface area (Å²) in [5.41, 5.74) is 2.66. The smallest absolute Gasteiger partial charge is 0.255 e. The minimum atomic E-state index is -2.76. The number of aromatic hydroxyl groups is 1. The van der Waals surface area contributed by atoms with Crippen molar-refractivity contribution < 1.29 is 44.4 Å². The number of Topliss-reactive ketones (excluding diaryl/α,β-unsaturated/α-hetero) is 3. The van der Waals surface area contributed by atoms with Gasteiger partial charge < -0.3 is 36.4 Å². The summed E-state index contributed by atoms with van der Waals surface area (Å²) in [6.45, 7) is 0.543. The highest BCUT2D eigenvalue weighted by Gasteiger charge is 2.63. The summed E-state index contributed by atoms with van der Waals surface area (Å²) < 4.78 is 0. The molecule has 5 atom stereocenters. The number of nitrogens with one attached hydrogen (secondary N) is 1. The Labute approximate surface area is 288 Å². The number of likely N-dealkylation sites (tertiary alicyclic amines) is 1. The molecule has 1 fully saturated rings. The average Bonchev–Trinajstić information content (AvgIpc) is 3.52. The molecule has 14 heteroatoms. The van der Waals surface area contributed by atoms with Crippen LogP contribution in [0.3, 0.4) is 0 Å². The summed E-state index contributed by atoms with van der Waals surface area (Å²) >= 11 is 0. The average molecular weight is 688 g/mol. The third kappa shape index (κ3) is 5.34. The van der Waals surface area contributed by atoms with E-state index < -0.39 is 75.7 Å². The number of likely N-dealkylation sites (N-methyl/N-ethyl adjacent to an activating group) is 1. The first-order valence-electron chi connectivity index (χ1n) is 16.4. The minimum Gasteiger partial charge on any atom is -0.510 e. The number of carbonyl (C=O) groups excluding carboxylic acids is 5. The Morgan fingerprint density at radius 2 is 1.74 bits per heavy atom. The van der Waals surface area contributed by atoms with Crippen LogP contribution in [0.5, 0.6) is 5.75 Å². The van der Waals surface area contributed by atoms with Gasteiger partial charge in [0.1, 0.15) is 17.1 Å². The molecule has 0 radical (unpaired) electrons. The van der Waals surface area contributed by atoms with Gasteiger partial charge in [-0.1, -0.05) is 30.3 Å². The fourth-order valence-corrected chi connectivity index (χ4v) is 8.22. The molecule has 6 rings (SSSR count). The van der Waals surface area contributed by atoms with E-state index in [0.29, 0.717) is 36.2 Å². The number of aliphatic hydroxyl groups excluding tert-OH is 2. The molecular formula is C36H41N5O9. The van der Waals surface area contributed by atoms with Gasteiger partial charge in [0.15, 0.2) is 22.9 Å². The van der Waals surface area contributed by atoms with E-state index in [9.17, 15) is 44.4 Å². The van der Waals surface area contributed by atoms with E-state index in [2.05, 4.69) is 5.32 Å². The number of rotatable bonds is 8. The van der Waals surface area contributed by atoms with Gasteiger partial charge in [0.2, 0.25) is 11.7 Å². The van der Waals surface area contributed by atoms with Crippen LogP contribution in [-0.4, -0.2) is 118 Å². The van der Waals surface area contributed by atoms with E-state index in [0.717, 1.165) is 0 Å². The van der Waals surface area contributed by atoms with Crippen LogP contribution < -0.4 is 16.0 Å². The van der Waals surface area contributed by atoms with E-state index in [4.69, 9.17) is 5.73 Å². The van der Waals surface area contributed by atoms with Gasteiger partial charge in [-0.3, -0.25) is 33.8 Å². The molecule has 0 unspecified atom stereocenters. The largest absolute Gasteiger partial charge is 0.510 e. The predicted octanol–water partition coefficient (Wildman–Crippen LogP) is 1.47. The lowest BCUT2D eigenvalue weighted by Crippen LogP contribution is -2.63. The number of primary amides is 1. The zero-order valence-electron chi connectivity index (χ0n) is 28.3. The molecule has 14 nitrogen and oxygen atoms in total. The van der Waals surface area contributed by atoms with Crippen molar-refractivity contribution in [1.82, 2.24) is 9.80 Å². The van der Waals surface area contributed by atoms with Gasteiger partial charge >= 0.3 is 0 Å². The molecule has 1 saturated heterocycles. The zero-order chi connectivity index (χ0) is 36.4. The Morgan fingerprint density at radius 3 is 2.36 bits per heavy atom. The fraction of sp³-hybridized carbons (Fsp3) is 0.417. The Bertz CT molecular complexity index is 1890. The number of aliphatic hydroxyl groups is 3. The van der Waals surface area contributed by atoms with Crippen LogP contribution in [0.2, 0.25) is 0 Å². The number of hydrogen-bond donors (Lipinski definition) is 6. The Morgan fingerprint density at radius 1 is 1.06 bits per heavy atom. The van der Waals surface area contributed by atoms with Gasteiger partial charge in [0.05, 0.1) is 29.9 Å². The van der Waals surface area contributed by atoms with Gasteiger partial charge in [-0.15, -0.1) is 0 Å². The van der Waals surface area contributed by atoms with Crippen LogP contribution in [-0.2, 0) is 20.8 Å². The SMILES string of the molecule is CN(C)c1cc(NC(=O)[C@@H]2CCCN2CC(=O)c2ccccc2)c(O)c2c1C[C@H]1C[C@H]3[C@H](N(C)C)C(O)=C(C(N)=O)C(=O)[C@@]3(O)C(O)=C1C2=O. The zero-order valence-corrected chi connectivity index (χ0v) is 28.3. The van der Waals surface area contributed by atoms with E-state index in [-0.39, 0.29) is 42.0 Å². The molecule has 1 aliphatic heterocycles. The quantitative estimate of drug-likeness (QED) is 0.132. The number of anilines is 2. The van der Waals surface area contributed by atoms with Crippen molar-refractivity contribution >= 4 is 40.5 Å². The van der Waals surface area contributed by atoms with Crippen molar-refractivity contribution in [2.75, 3.05) is 51.5 Å². The summed E-state index contributed by atoms with van der Waals surface area (Å²) in [5, 5.41) is 48.9. The summed E-state index contributed by atoms with van der Waals surface area (Å²) in [6.07, 6.45) is 1.20. The van der Waals surface area contributed by atoms with Crippen molar-refractivity contribution in [3.63, 3.8) is 0 Å². The molecule has 4 aliphatic rings. The standard InChI is InChI=1S/C36H41N5O9/c1-39(2)23-15-21(38-35(49)22-11-8-12-41(22)16-24(42)17-9-6-5-7-10-17)29(43)26-19(23)13-18-14-20-28(40(3)4)31(45)27(34(37)48)33(47)36(20,50)32(46)25(18)30(26)44/h5-7,9-10,15,18,20,22,28,43,45-46,50H,8,11-14,16H2,1-4H3,(H2,37,48)(H,38,49)/t18-,20-,22-,28-,36-/m0/s1. The van der Waals surface area contributed by atoms with Gasteiger partial charge in [-0.25, -0.2) is 0 Å². The maximum Gasteiger partial charge on any atom is 0.255 e. The minimum absolute atomic E-state index is 0.0241. The fourth-order valence-electron chi connectivity index (χ4n) is 8.22. The summed E-state index contributed by atoms with van der Waals surface area (Å²) in [5.74, 6) is -8.15. The number of nitrogens with zero attached hydrogens (tertiary/aromatic N) is 3. The summed E-state index contributed by atoms with van der Waals surface area (Å²) in [6, 6.07) is 8.54. The number of nitrogens with two attached hydrogens (primary N) is 1. The molecule has 1 heterocycles. The van der Waals surface area contributed by atoms with Crippen molar-refractivity contribution in [3.8, 4) is 5.75 Å². The van der Waals surface area contributed by atoms with Crippen LogP contribution in [0.15, 0.2) is 59.1 Å². The molecule has 264 valence electrons. The number of benzene rings is 2. The van der Waals surface area contributed by atoms with Gasteiger partial charge in [0, 0.05) is 36.8 Å². The number of amides is 2.